The fourth-order valence-electron chi connectivity index (χ4n) is 3.38. The van der Waals surface area contributed by atoms with Gasteiger partial charge in [0.1, 0.15) is 11.6 Å². The average molecular weight is 504 g/mol. The molecule has 192 valence electrons. The summed E-state index contributed by atoms with van der Waals surface area (Å²) in [6.45, 7) is 8.47. The number of urea groups is 1. The lowest BCUT2D eigenvalue weighted by Gasteiger charge is -2.19. The third-order valence-electron chi connectivity index (χ3n) is 5.22. The molecule has 11 heteroatoms. The Kier molecular flexibility index (Phi) is 9.14. The van der Waals surface area contributed by atoms with Crippen LogP contribution < -0.4 is 26.0 Å². The Bertz CT molecular complexity index is 1290. The molecule has 0 saturated heterocycles. The summed E-state index contributed by atoms with van der Waals surface area (Å²) in [7, 11) is 1.51. The fourth-order valence-corrected chi connectivity index (χ4v) is 3.38. The lowest BCUT2D eigenvalue weighted by atomic mass is 10.1. The van der Waals surface area contributed by atoms with Gasteiger partial charge in [0.15, 0.2) is 0 Å². The van der Waals surface area contributed by atoms with Gasteiger partial charge in [-0.3, -0.25) is 14.9 Å². The second-order valence-corrected chi connectivity index (χ2v) is 7.64. The molecule has 0 bridgehead atoms. The summed E-state index contributed by atoms with van der Waals surface area (Å²) >= 11 is 0. The number of anilines is 5. The molecule has 1 heterocycles. The van der Waals surface area contributed by atoms with E-state index in [1.165, 1.54) is 19.4 Å². The number of hydrogen-bond donors (Lipinski definition) is 4. The number of benzene rings is 2. The highest BCUT2D eigenvalue weighted by molar-refractivity contribution is 6.01. The van der Waals surface area contributed by atoms with E-state index in [4.69, 9.17) is 4.74 Å². The third kappa shape index (κ3) is 7.28. The van der Waals surface area contributed by atoms with Crippen LogP contribution in [0.15, 0.2) is 67.4 Å². The van der Waals surface area contributed by atoms with Crippen molar-refractivity contribution in [2.45, 2.75) is 13.8 Å². The average Bonchev–Trinajstić information content (AvgIpc) is 2.89. The highest BCUT2D eigenvalue weighted by Gasteiger charge is 2.16. The number of carbonyl (C=O) groups excluding carboxylic acids is 3. The second-order valence-electron chi connectivity index (χ2n) is 7.64. The maximum Gasteiger partial charge on any atom is 0.324 e. The van der Waals surface area contributed by atoms with Crippen molar-refractivity contribution in [1.82, 2.24) is 14.9 Å². The first kappa shape index (κ1) is 26.7. The van der Waals surface area contributed by atoms with Crippen LogP contribution in [0.5, 0.6) is 5.75 Å². The molecule has 4 N–H and O–H groups in total. The topological polar surface area (TPSA) is 138 Å². The minimum Gasteiger partial charge on any atom is -0.495 e. The number of aromatic nitrogens is 2. The van der Waals surface area contributed by atoms with E-state index >= 15 is 0 Å². The van der Waals surface area contributed by atoms with Gasteiger partial charge >= 0.3 is 6.03 Å². The van der Waals surface area contributed by atoms with Gasteiger partial charge in [0, 0.05) is 36.2 Å². The van der Waals surface area contributed by atoms with Crippen LogP contribution in [-0.2, 0) is 4.79 Å². The Morgan fingerprint density at radius 2 is 1.73 bits per heavy atom. The van der Waals surface area contributed by atoms with Gasteiger partial charge in [0.2, 0.25) is 11.9 Å². The monoisotopic (exact) mass is 503 g/mol. The summed E-state index contributed by atoms with van der Waals surface area (Å²) in [5.74, 6) is 0.467. The zero-order chi connectivity index (χ0) is 26.8. The zero-order valence-electron chi connectivity index (χ0n) is 20.9. The number of methoxy groups -OCH3 is 1. The van der Waals surface area contributed by atoms with Crippen molar-refractivity contribution < 1.29 is 19.1 Å². The first-order valence-electron chi connectivity index (χ1n) is 11.6. The Labute approximate surface area is 215 Å². The molecule has 0 fully saturated rings. The molecule has 11 nitrogen and oxygen atoms in total. The Morgan fingerprint density at radius 3 is 2.41 bits per heavy atom. The normalized spacial score (nSPS) is 10.1. The number of ether oxygens (including phenoxy) is 1. The van der Waals surface area contributed by atoms with Crippen molar-refractivity contribution in [2.24, 2.45) is 0 Å². The number of amides is 4. The van der Waals surface area contributed by atoms with Gasteiger partial charge < -0.3 is 25.6 Å². The van der Waals surface area contributed by atoms with Crippen LogP contribution in [0.1, 0.15) is 24.2 Å². The standard InChI is InChI=1S/C26H29N7O4/c1-5-23(34)28-18-9-8-10-19(16-18)29-26(36)32-22-13-14-27-25(31-22)30-20-12-11-17(15-21(20)37-4)24(35)33(6-2)7-3/h5,8-16H,1,6-7H2,2-4H3,(H,28,34)(H3,27,29,30,31,32,36). The molecular weight excluding hydrogens is 474 g/mol. The molecule has 0 aliphatic heterocycles. The van der Waals surface area contributed by atoms with Gasteiger partial charge in [-0.15, -0.1) is 0 Å². The molecule has 3 aromatic rings. The van der Waals surface area contributed by atoms with Crippen molar-refractivity contribution in [3.05, 3.63) is 72.9 Å². The van der Waals surface area contributed by atoms with Crippen LogP contribution in [0.3, 0.4) is 0 Å². The quantitative estimate of drug-likeness (QED) is 0.299. The molecule has 3 rings (SSSR count). The van der Waals surface area contributed by atoms with Gasteiger partial charge in [0.05, 0.1) is 12.8 Å². The number of carbonyl (C=O) groups is 3. The molecule has 1 aromatic heterocycles. The first-order valence-corrected chi connectivity index (χ1v) is 11.6. The highest BCUT2D eigenvalue weighted by atomic mass is 16.5. The Hall–Kier alpha value is -4.93. The molecule has 0 spiro atoms. The molecule has 4 amide bonds. The van der Waals surface area contributed by atoms with E-state index in [0.717, 1.165) is 6.08 Å². The zero-order valence-corrected chi connectivity index (χ0v) is 20.9. The molecule has 0 atom stereocenters. The summed E-state index contributed by atoms with van der Waals surface area (Å²) in [5, 5.41) is 11.0. The lowest BCUT2D eigenvalue weighted by Crippen LogP contribution is -2.30. The number of rotatable bonds is 10. The van der Waals surface area contributed by atoms with Gasteiger partial charge in [0.25, 0.3) is 5.91 Å². The maximum atomic E-state index is 12.7. The maximum absolute atomic E-state index is 12.7. The largest absolute Gasteiger partial charge is 0.495 e. The van der Waals surface area contributed by atoms with Crippen LogP contribution in [0.25, 0.3) is 0 Å². The molecule has 0 aliphatic rings. The van der Waals surface area contributed by atoms with Crippen molar-refractivity contribution in [3.8, 4) is 5.75 Å². The molecule has 0 radical (unpaired) electrons. The molecule has 37 heavy (non-hydrogen) atoms. The van der Waals surface area contributed by atoms with Crippen molar-refractivity contribution >= 4 is 46.7 Å². The van der Waals surface area contributed by atoms with Crippen LogP contribution in [0.2, 0.25) is 0 Å². The third-order valence-corrected chi connectivity index (χ3v) is 5.22. The highest BCUT2D eigenvalue weighted by Crippen LogP contribution is 2.28. The second kappa shape index (κ2) is 12.7. The van der Waals surface area contributed by atoms with Gasteiger partial charge in [-0.05, 0) is 62.4 Å². The summed E-state index contributed by atoms with van der Waals surface area (Å²) in [5.41, 5.74) is 2.04. The van der Waals surface area contributed by atoms with Crippen molar-refractivity contribution in [3.63, 3.8) is 0 Å². The van der Waals surface area contributed by atoms with E-state index in [2.05, 4.69) is 37.8 Å². The molecule has 0 aliphatic carbocycles. The first-order chi connectivity index (χ1) is 17.9. The minimum absolute atomic E-state index is 0.0862. The summed E-state index contributed by atoms with van der Waals surface area (Å²) < 4.78 is 5.46. The molecule has 0 unspecified atom stereocenters. The van der Waals surface area contributed by atoms with E-state index in [9.17, 15) is 14.4 Å². The van der Waals surface area contributed by atoms with E-state index in [1.807, 2.05) is 13.8 Å². The SMILES string of the molecule is C=CC(=O)Nc1cccc(NC(=O)Nc2ccnc(Nc3ccc(C(=O)N(CC)CC)cc3OC)n2)c1. The fraction of sp³-hybridized carbons (Fsp3) is 0.192. The predicted octanol–water partition coefficient (Wildman–Crippen LogP) is 4.48. The van der Waals surface area contributed by atoms with Gasteiger partial charge in [-0.1, -0.05) is 12.6 Å². The van der Waals surface area contributed by atoms with Crippen LogP contribution >= 0.6 is 0 Å². The number of hydrogen-bond acceptors (Lipinski definition) is 7. The smallest absolute Gasteiger partial charge is 0.324 e. The summed E-state index contributed by atoms with van der Waals surface area (Å²) in [4.78, 5) is 46.8. The van der Waals surface area contributed by atoms with Gasteiger partial charge in [-0.25, -0.2) is 9.78 Å². The van der Waals surface area contributed by atoms with Crippen LogP contribution in [0, 0.1) is 0 Å². The molecule has 0 saturated carbocycles. The number of nitrogens with one attached hydrogen (secondary N) is 4. The summed E-state index contributed by atoms with van der Waals surface area (Å²) in [6.07, 6.45) is 2.64. The van der Waals surface area contributed by atoms with E-state index in [0.29, 0.717) is 41.5 Å². The van der Waals surface area contributed by atoms with E-state index in [1.54, 1.807) is 47.4 Å². The summed E-state index contributed by atoms with van der Waals surface area (Å²) in [6, 6.07) is 12.7. The van der Waals surface area contributed by atoms with Crippen molar-refractivity contribution in [2.75, 3.05) is 41.5 Å². The molecule has 2 aromatic carbocycles. The Morgan fingerprint density at radius 1 is 1.00 bits per heavy atom. The Balaban J connectivity index is 1.68. The predicted molar refractivity (Wildman–Crippen MR) is 143 cm³/mol. The van der Waals surface area contributed by atoms with Gasteiger partial charge in [-0.2, -0.15) is 4.98 Å². The number of nitrogens with zero attached hydrogens (tertiary/aromatic N) is 3. The lowest BCUT2D eigenvalue weighted by molar-refractivity contribution is -0.111. The van der Waals surface area contributed by atoms with Crippen LogP contribution in [0.4, 0.5) is 33.6 Å². The van der Waals surface area contributed by atoms with E-state index in [-0.39, 0.29) is 23.6 Å². The van der Waals surface area contributed by atoms with E-state index < -0.39 is 6.03 Å². The molecular formula is C26H29N7O4. The van der Waals surface area contributed by atoms with Crippen LogP contribution in [-0.4, -0.2) is 52.9 Å². The minimum atomic E-state index is -0.534. The van der Waals surface area contributed by atoms with Crippen molar-refractivity contribution in [1.29, 1.82) is 0 Å².